The molecule has 0 unspecified atom stereocenters. The summed E-state index contributed by atoms with van der Waals surface area (Å²) in [7, 11) is 0. The fourth-order valence-corrected chi connectivity index (χ4v) is 2.46. The topological polar surface area (TPSA) is 73.0 Å². The zero-order valence-corrected chi connectivity index (χ0v) is 12.1. The molecule has 7 heteroatoms. The summed E-state index contributed by atoms with van der Waals surface area (Å²) >= 11 is 0. The second-order valence-corrected chi connectivity index (χ2v) is 5.09. The van der Waals surface area contributed by atoms with Crippen LogP contribution in [0.4, 0.5) is 5.95 Å². The van der Waals surface area contributed by atoms with Gasteiger partial charge in [0.2, 0.25) is 5.95 Å². The van der Waals surface area contributed by atoms with Crippen molar-refractivity contribution in [1.29, 1.82) is 0 Å². The third-order valence-corrected chi connectivity index (χ3v) is 3.66. The molecule has 0 aliphatic carbocycles. The third kappa shape index (κ3) is 3.99. The molecule has 1 fully saturated rings. The Labute approximate surface area is 124 Å². The Bertz CT molecular complexity index is 505. The molecule has 21 heavy (non-hydrogen) atoms. The van der Waals surface area contributed by atoms with E-state index in [0.717, 1.165) is 57.6 Å². The first-order valence-electron chi connectivity index (χ1n) is 7.35. The van der Waals surface area contributed by atoms with Gasteiger partial charge in [-0.15, -0.1) is 0 Å². The molecule has 0 radical (unpaired) electrons. The van der Waals surface area contributed by atoms with Gasteiger partial charge in [0.25, 0.3) is 0 Å². The third-order valence-electron chi connectivity index (χ3n) is 3.66. The lowest BCUT2D eigenvalue weighted by molar-refractivity contribution is 0.256. The van der Waals surface area contributed by atoms with Crippen LogP contribution in [0.3, 0.4) is 0 Å². The molecule has 0 spiro atoms. The van der Waals surface area contributed by atoms with Gasteiger partial charge in [0, 0.05) is 64.1 Å². The van der Waals surface area contributed by atoms with E-state index in [4.69, 9.17) is 0 Å². The zero-order valence-electron chi connectivity index (χ0n) is 12.1. The molecule has 112 valence electrons. The number of H-pyrrole nitrogens is 1. The maximum Gasteiger partial charge on any atom is 0.225 e. The largest absolute Gasteiger partial charge is 0.348 e. The number of hydrogen-bond acceptors (Lipinski definition) is 6. The van der Waals surface area contributed by atoms with Gasteiger partial charge < -0.3 is 15.2 Å². The van der Waals surface area contributed by atoms with Gasteiger partial charge in [0.15, 0.2) is 0 Å². The Morgan fingerprint density at radius 3 is 2.57 bits per heavy atom. The van der Waals surface area contributed by atoms with E-state index in [1.807, 2.05) is 12.3 Å². The van der Waals surface area contributed by atoms with Crippen molar-refractivity contribution >= 4 is 5.95 Å². The highest BCUT2D eigenvalue weighted by Gasteiger charge is 2.17. The van der Waals surface area contributed by atoms with Crippen molar-refractivity contribution in [2.24, 2.45) is 0 Å². The Morgan fingerprint density at radius 2 is 1.86 bits per heavy atom. The molecule has 0 saturated carbocycles. The molecule has 3 heterocycles. The molecule has 0 aromatic carbocycles. The molecule has 2 aromatic heterocycles. The van der Waals surface area contributed by atoms with Gasteiger partial charge in [0.1, 0.15) is 5.82 Å². The Balaban J connectivity index is 1.34. The molecular weight excluding hydrogens is 266 g/mol. The van der Waals surface area contributed by atoms with Crippen LogP contribution in [0.15, 0.2) is 30.9 Å². The van der Waals surface area contributed by atoms with Crippen LogP contribution in [0, 0.1) is 0 Å². The molecule has 0 amide bonds. The molecule has 0 atom stereocenters. The lowest BCUT2D eigenvalue weighted by atomic mass is 10.3. The molecule has 0 bridgehead atoms. The number of piperazine rings is 1. The summed E-state index contributed by atoms with van der Waals surface area (Å²) in [5.41, 5.74) is 0. The number of imidazole rings is 1. The van der Waals surface area contributed by atoms with Crippen molar-refractivity contribution in [2.45, 2.75) is 6.54 Å². The van der Waals surface area contributed by atoms with Gasteiger partial charge in [-0.05, 0) is 6.07 Å². The van der Waals surface area contributed by atoms with E-state index < -0.39 is 0 Å². The van der Waals surface area contributed by atoms with E-state index in [9.17, 15) is 0 Å². The van der Waals surface area contributed by atoms with Crippen LogP contribution in [0.2, 0.25) is 0 Å². The van der Waals surface area contributed by atoms with Crippen LogP contribution in [-0.4, -0.2) is 64.1 Å². The maximum absolute atomic E-state index is 4.30. The molecule has 2 N–H and O–H groups in total. The van der Waals surface area contributed by atoms with Crippen molar-refractivity contribution in [3.8, 4) is 0 Å². The van der Waals surface area contributed by atoms with Crippen LogP contribution in [0.25, 0.3) is 0 Å². The SMILES string of the molecule is c1cnc(N2CCN(CCNCc3ncc[nH]3)CC2)nc1. The monoisotopic (exact) mass is 287 g/mol. The molecular formula is C14H21N7. The highest BCUT2D eigenvalue weighted by Crippen LogP contribution is 2.08. The molecule has 7 nitrogen and oxygen atoms in total. The first-order chi connectivity index (χ1) is 10.4. The maximum atomic E-state index is 4.30. The quantitative estimate of drug-likeness (QED) is 0.735. The minimum absolute atomic E-state index is 0.796. The second-order valence-electron chi connectivity index (χ2n) is 5.09. The van der Waals surface area contributed by atoms with Gasteiger partial charge in [-0.1, -0.05) is 0 Å². The smallest absolute Gasteiger partial charge is 0.225 e. The van der Waals surface area contributed by atoms with Crippen molar-refractivity contribution < 1.29 is 0 Å². The average Bonchev–Trinajstić information content (AvgIpc) is 3.06. The number of anilines is 1. The molecule has 2 aromatic rings. The fraction of sp³-hybridized carbons (Fsp3) is 0.500. The van der Waals surface area contributed by atoms with Gasteiger partial charge in [-0.2, -0.15) is 0 Å². The predicted molar refractivity (Wildman–Crippen MR) is 81.0 cm³/mol. The minimum Gasteiger partial charge on any atom is -0.348 e. The van der Waals surface area contributed by atoms with E-state index in [1.165, 1.54) is 0 Å². The molecule has 1 aliphatic rings. The summed E-state index contributed by atoms with van der Waals surface area (Å²) in [5.74, 6) is 1.83. The number of hydrogen-bond donors (Lipinski definition) is 2. The second kappa shape index (κ2) is 7.14. The van der Waals surface area contributed by atoms with Crippen LogP contribution >= 0.6 is 0 Å². The zero-order chi connectivity index (χ0) is 14.3. The number of aromatic amines is 1. The van der Waals surface area contributed by atoms with E-state index in [2.05, 4.69) is 35.1 Å². The van der Waals surface area contributed by atoms with Crippen LogP contribution in [0.1, 0.15) is 5.82 Å². The lowest BCUT2D eigenvalue weighted by Crippen LogP contribution is -2.48. The number of rotatable bonds is 6. The van der Waals surface area contributed by atoms with Crippen molar-refractivity contribution in [3.63, 3.8) is 0 Å². The normalized spacial score (nSPS) is 16.3. The first-order valence-corrected chi connectivity index (χ1v) is 7.35. The van der Waals surface area contributed by atoms with Crippen molar-refractivity contribution in [2.75, 3.05) is 44.2 Å². The van der Waals surface area contributed by atoms with Gasteiger partial charge in [-0.3, -0.25) is 4.90 Å². The Morgan fingerprint density at radius 1 is 1.05 bits per heavy atom. The van der Waals surface area contributed by atoms with Crippen LogP contribution < -0.4 is 10.2 Å². The van der Waals surface area contributed by atoms with Crippen molar-refractivity contribution in [3.05, 3.63) is 36.7 Å². The van der Waals surface area contributed by atoms with E-state index in [0.29, 0.717) is 0 Å². The summed E-state index contributed by atoms with van der Waals surface area (Å²) in [4.78, 5) is 20.6. The summed E-state index contributed by atoms with van der Waals surface area (Å²) in [6.45, 7) is 6.92. The Kier molecular flexibility index (Phi) is 4.75. The highest BCUT2D eigenvalue weighted by molar-refractivity contribution is 5.29. The first kappa shape index (κ1) is 14.0. The highest BCUT2D eigenvalue weighted by atomic mass is 15.3. The number of aromatic nitrogens is 4. The van der Waals surface area contributed by atoms with E-state index >= 15 is 0 Å². The molecule has 1 saturated heterocycles. The van der Waals surface area contributed by atoms with Crippen LogP contribution in [0.5, 0.6) is 0 Å². The summed E-state index contributed by atoms with van der Waals surface area (Å²) in [6.07, 6.45) is 7.23. The number of nitrogens with zero attached hydrogens (tertiary/aromatic N) is 5. The van der Waals surface area contributed by atoms with Crippen molar-refractivity contribution in [1.82, 2.24) is 30.2 Å². The van der Waals surface area contributed by atoms with Gasteiger partial charge in [0.05, 0.1) is 6.54 Å². The standard InChI is InChI=1S/C14H21N7/c1-2-18-14(19-3-1)21-10-8-20(9-11-21)7-6-15-12-13-16-4-5-17-13/h1-5,15H,6-12H2,(H,16,17). The van der Waals surface area contributed by atoms with Crippen LogP contribution in [-0.2, 0) is 6.54 Å². The Hall–Kier alpha value is -1.99. The lowest BCUT2D eigenvalue weighted by Gasteiger charge is -2.34. The summed E-state index contributed by atoms with van der Waals surface area (Å²) in [6, 6.07) is 1.85. The van der Waals surface area contributed by atoms with E-state index in [1.54, 1.807) is 18.6 Å². The average molecular weight is 287 g/mol. The number of nitrogens with one attached hydrogen (secondary N) is 2. The van der Waals surface area contributed by atoms with E-state index in [-0.39, 0.29) is 0 Å². The minimum atomic E-state index is 0.796. The summed E-state index contributed by atoms with van der Waals surface area (Å²) in [5, 5.41) is 3.40. The fourth-order valence-electron chi connectivity index (χ4n) is 2.46. The molecule has 3 rings (SSSR count). The van der Waals surface area contributed by atoms with Gasteiger partial charge in [-0.25, -0.2) is 15.0 Å². The van der Waals surface area contributed by atoms with Gasteiger partial charge >= 0.3 is 0 Å². The molecule has 1 aliphatic heterocycles. The predicted octanol–water partition coefficient (Wildman–Crippen LogP) is 0.111. The summed E-state index contributed by atoms with van der Waals surface area (Å²) < 4.78 is 0.